The van der Waals surface area contributed by atoms with Gasteiger partial charge in [0.15, 0.2) is 0 Å². The van der Waals surface area contributed by atoms with E-state index in [1.54, 1.807) is 11.6 Å². The van der Waals surface area contributed by atoms with Gasteiger partial charge >= 0.3 is 5.97 Å². The summed E-state index contributed by atoms with van der Waals surface area (Å²) in [7, 11) is 1.90. The van der Waals surface area contributed by atoms with Gasteiger partial charge in [-0.15, -0.1) is 11.3 Å². The molecular formula is C19H25N5O2S. The van der Waals surface area contributed by atoms with Gasteiger partial charge in [-0.2, -0.15) is 5.10 Å². The normalized spacial score (nSPS) is 13.0. The topological polar surface area (TPSA) is 81.9 Å². The molecule has 0 aromatic carbocycles. The maximum atomic E-state index is 12.3. The van der Waals surface area contributed by atoms with Gasteiger partial charge < -0.3 is 10.1 Å². The Labute approximate surface area is 162 Å². The van der Waals surface area contributed by atoms with Crippen molar-refractivity contribution < 1.29 is 9.53 Å². The van der Waals surface area contributed by atoms with Gasteiger partial charge in [0.25, 0.3) is 0 Å². The van der Waals surface area contributed by atoms with Crippen LogP contribution in [-0.2, 0) is 11.8 Å². The van der Waals surface area contributed by atoms with Crippen molar-refractivity contribution >= 4 is 33.3 Å². The molecule has 0 saturated heterocycles. The summed E-state index contributed by atoms with van der Waals surface area (Å²) in [5.74, 6) is 0.400. The second-order valence-corrected chi connectivity index (χ2v) is 8.57. The van der Waals surface area contributed by atoms with E-state index in [2.05, 4.69) is 41.2 Å². The Balaban J connectivity index is 2.06. The minimum atomic E-state index is -0.316. The highest BCUT2D eigenvalue weighted by Gasteiger charge is 2.29. The fourth-order valence-electron chi connectivity index (χ4n) is 3.10. The molecule has 144 valence electrons. The number of esters is 1. The third kappa shape index (κ3) is 3.80. The third-order valence-electron chi connectivity index (χ3n) is 4.39. The fourth-order valence-corrected chi connectivity index (χ4v) is 4.14. The van der Waals surface area contributed by atoms with Crippen LogP contribution in [0, 0.1) is 12.3 Å². The largest absolute Gasteiger partial charge is 0.462 e. The molecule has 0 saturated carbocycles. The maximum Gasteiger partial charge on any atom is 0.348 e. The highest BCUT2D eigenvalue weighted by atomic mass is 32.1. The van der Waals surface area contributed by atoms with E-state index in [9.17, 15) is 4.79 Å². The minimum absolute atomic E-state index is 0.00496. The summed E-state index contributed by atoms with van der Waals surface area (Å²) in [5, 5.41) is 8.74. The standard InChI is InChI=1S/C19H25N5O2S/c1-7-26-18(25)14-11(2)13-16(20-10-21-17(13)27-14)23-15(19(3,4)5)12-8-22-24(6)9-12/h8-10,15H,7H2,1-6H3,(H,20,21,23). The van der Waals surface area contributed by atoms with Crippen LogP contribution in [-0.4, -0.2) is 32.3 Å². The number of aryl methyl sites for hydroxylation is 2. The number of hydrogen-bond acceptors (Lipinski definition) is 7. The molecule has 0 amide bonds. The molecule has 8 heteroatoms. The predicted molar refractivity (Wildman–Crippen MR) is 107 cm³/mol. The Morgan fingerprint density at radius 2 is 2.11 bits per heavy atom. The second-order valence-electron chi connectivity index (χ2n) is 7.57. The van der Waals surface area contributed by atoms with E-state index in [1.165, 1.54) is 17.7 Å². The number of ether oxygens (including phenoxy) is 1. The Hall–Kier alpha value is -2.48. The van der Waals surface area contributed by atoms with Crippen LogP contribution in [0.4, 0.5) is 5.82 Å². The van der Waals surface area contributed by atoms with Crippen LogP contribution in [0.15, 0.2) is 18.7 Å². The van der Waals surface area contributed by atoms with E-state index < -0.39 is 0 Å². The zero-order valence-corrected chi connectivity index (χ0v) is 17.3. The zero-order chi connectivity index (χ0) is 19.8. The molecule has 0 bridgehead atoms. The zero-order valence-electron chi connectivity index (χ0n) is 16.5. The van der Waals surface area contributed by atoms with Crippen molar-refractivity contribution in [2.75, 3.05) is 11.9 Å². The minimum Gasteiger partial charge on any atom is -0.462 e. The summed E-state index contributed by atoms with van der Waals surface area (Å²) in [6.07, 6.45) is 5.40. The van der Waals surface area contributed by atoms with Gasteiger partial charge in [-0.3, -0.25) is 4.68 Å². The highest BCUT2D eigenvalue weighted by Crippen LogP contribution is 2.39. The number of carbonyl (C=O) groups is 1. The molecule has 0 aliphatic carbocycles. The molecule has 0 radical (unpaired) electrons. The van der Waals surface area contributed by atoms with Crippen molar-refractivity contribution in [3.63, 3.8) is 0 Å². The second kappa shape index (κ2) is 7.26. The number of aromatic nitrogens is 4. The lowest BCUT2D eigenvalue weighted by atomic mass is 9.83. The van der Waals surface area contributed by atoms with Gasteiger partial charge in [-0.25, -0.2) is 14.8 Å². The Morgan fingerprint density at radius 3 is 2.70 bits per heavy atom. The number of hydrogen-bond donors (Lipinski definition) is 1. The van der Waals surface area contributed by atoms with Crippen LogP contribution >= 0.6 is 11.3 Å². The lowest BCUT2D eigenvalue weighted by Gasteiger charge is -2.31. The molecule has 0 spiro atoms. The van der Waals surface area contributed by atoms with E-state index in [-0.39, 0.29) is 17.4 Å². The molecule has 3 aromatic heterocycles. The molecule has 3 rings (SSSR count). The number of thiophene rings is 1. The van der Waals surface area contributed by atoms with Crippen LogP contribution in [0.2, 0.25) is 0 Å². The molecule has 0 fully saturated rings. The number of rotatable bonds is 5. The van der Waals surface area contributed by atoms with Crippen LogP contribution < -0.4 is 5.32 Å². The molecule has 3 heterocycles. The molecule has 0 aliphatic rings. The van der Waals surface area contributed by atoms with E-state index >= 15 is 0 Å². The van der Waals surface area contributed by atoms with E-state index in [1.807, 2.05) is 26.4 Å². The summed E-state index contributed by atoms with van der Waals surface area (Å²) in [6.45, 7) is 10.6. The summed E-state index contributed by atoms with van der Waals surface area (Å²) in [5.41, 5.74) is 1.85. The van der Waals surface area contributed by atoms with Gasteiger partial charge in [-0.05, 0) is 24.8 Å². The monoisotopic (exact) mass is 387 g/mol. The van der Waals surface area contributed by atoms with E-state index in [0.717, 1.165) is 21.3 Å². The molecular weight excluding hydrogens is 362 g/mol. The molecule has 27 heavy (non-hydrogen) atoms. The van der Waals surface area contributed by atoms with Gasteiger partial charge in [0.2, 0.25) is 0 Å². The van der Waals surface area contributed by atoms with Crippen LogP contribution in [0.5, 0.6) is 0 Å². The van der Waals surface area contributed by atoms with Crippen LogP contribution in [0.25, 0.3) is 10.2 Å². The lowest BCUT2D eigenvalue weighted by molar-refractivity contribution is 0.0531. The molecule has 1 N–H and O–H groups in total. The highest BCUT2D eigenvalue weighted by molar-refractivity contribution is 7.20. The molecule has 1 atom stereocenters. The number of fused-ring (bicyclic) bond motifs is 1. The van der Waals surface area contributed by atoms with Gasteiger partial charge in [0.05, 0.1) is 24.2 Å². The summed E-state index contributed by atoms with van der Waals surface area (Å²) >= 11 is 1.34. The fraction of sp³-hybridized carbons (Fsp3) is 0.474. The Bertz CT molecular complexity index is 970. The average molecular weight is 388 g/mol. The van der Waals surface area contributed by atoms with Crippen molar-refractivity contribution in [1.82, 2.24) is 19.7 Å². The van der Waals surface area contributed by atoms with Gasteiger partial charge in [0, 0.05) is 18.8 Å². The number of nitrogens with zero attached hydrogens (tertiary/aromatic N) is 4. The summed E-state index contributed by atoms with van der Waals surface area (Å²) in [4.78, 5) is 22.4. The first-order valence-corrected chi connectivity index (χ1v) is 9.70. The predicted octanol–water partition coefficient (Wildman–Crippen LogP) is 4.11. The number of carbonyl (C=O) groups excluding carboxylic acids is 1. The van der Waals surface area contributed by atoms with Crippen LogP contribution in [0.1, 0.15) is 54.5 Å². The summed E-state index contributed by atoms with van der Waals surface area (Å²) < 4.78 is 6.97. The molecule has 0 aliphatic heterocycles. The molecule has 3 aromatic rings. The maximum absolute atomic E-state index is 12.3. The van der Waals surface area contributed by atoms with Gasteiger partial charge in [-0.1, -0.05) is 20.8 Å². The number of anilines is 1. The van der Waals surface area contributed by atoms with Crippen molar-refractivity contribution in [3.05, 3.63) is 34.7 Å². The van der Waals surface area contributed by atoms with Crippen molar-refractivity contribution in [3.8, 4) is 0 Å². The first-order valence-electron chi connectivity index (χ1n) is 8.88. The number of nitrogens with one attached hydrogen (secondary N) is 1. The first kappa shape index (κ1) is 19.3. The average Bonchev–Trinajstić information content (AvgIpc) is 3.16. The van der Waals surface area contributed by atoms with Crippen LogP contribution in [0.3, 0.4) is 0 Å². The van der Waals surface area contributed by atoms with E-state index in [0.29, 0.717) is 17.3 Å². The third-order valence-corrected chi connectivity index (χ3v) is 5.57. The quantitative estimate of drug-likeness (QED) is 0.664. The molecule has 1 unspecified atom stereocenters. The first-order chi connectivity index (χ1) is 12.7. The smallest absolute Gasteiger partial charge is 0.348 e. The Morgan fingerprint density at radius 1 is 1.37 bits per heavy atom. The molecule has 7 nitrogen and oxygen atoms in total. The van der Waals surface area contributed by atoms with Crippen molar-refractivity contribution in [2.45, 2.75) is 40.7 Å². The summed E-state index contributed by atoms with van der Waals surface area (Å²) in [6, 6.07) is -0.00496. The van der Waals surface area contributed by atoms with Gasteiger partial charge in [0.1, 0.15) is 21.9 Å². The van der Waals surface area contributed by atoms with Crippen molar-refractivity contribution in [2.24, 2.45) is 12.5 Å². The Kier molecular flexibility index (Phi) is 5.19. The van der Waals surface area contributed by atoms with E-state index in [4.69, 9.17) is 4.74 Å². The lowest BCUT2D eigenvalue weighted by Crippen LogP contribution is -2.26. The SMILES string of the molecule is CCOC(=O)c1sc2ncnc(NC(c3cnn(C)c3)C(C)(C)C)c2c1C. The van der Waals surface area contributed by atoms with Crippen molar-refractivity contribution in [1.29, 1.82) is 0 Å².